The molecule has 0 unspecified atom stereocenters. The smallest absolute Gasteiger partial charge is 0.353 e. The Hall–Kier alpha value is -2.16. The first-order valence-electron chi connectivity index (χ1n) is 6.75. The van der Waals surface area contributed by atoms with Gasteiger partial charge in [0.15, 0.2) is 11.5 Å². The number of thioether (sulfide) groups is 1. The van der Waals surface area contributed by atoms with Crippen LogP contribution in [0.2, 0.25) is 0 Å². The molecule has 5 nitrogen and oxygen atoms in total. The molecule has 24 heavy (non-hydrogen) atoms. The number of hydrogen-bond donors (Lipinski definition) is 1. The van der Waals surface area contributed by atoms with Crippen molar-refractivity contribution in [3.05, 3.63) is 51.1 Å². The van der Waals surface area contributed by atoms with Crippen LogP contribution in [0.15, 0.2) is 40.6 Å². The van der Waals surface area contributed by atoms with E-state index in [1.807, 2.05) is 0 Å². The first kappa shape index (κ1) is 16.7. The summed E-state index contributed by atoms with van der Waals surface area (Å²) in [6.45, 7) is 0. The Labute approximate surface area is 151 Å². The lowest BCUT2D eigenvalue weighted by Gasteiger charge is -2.09. The highest BCUT2D eigenvalue weighted by atomic mass is 32.2. The number of nitrogens with one attached hydrogen (secondary N) is 1. The van der Waals surface area contributed by atoms with Gasteiger partial charge in [-0.3, -0.25) is 4.79 Å². The van der Waals surface area contributed by atoms with Crippen LogP contribution in [-0.2, 0) is 4.79 Å². The minimum Gasteiger partial charge on any atom is -0.493 e. The number of rotatable bonds is 4. The molecule has 0 radical (unpaired) electrons. The van der Waals surface area contributed by atoms with Gasteiger partial charge in [-0.15, -0.1) is 11.3 Å². The number of methoxy groups -OCH3 is 1. The molecule has 1 aromatic carbocycles. The average molecular weight is 377 g/mol. The van der Waals surface area contributed by atoms with E-state index in [1.165, 1.54) is 30.2 Å². The number of ether oxygens (including phenoxy) is 2. The van der Waals surface area contributed by atoms with Gasteiger partial charge in [0.25, 0.3) is 5.91 Å². The van der Waals surface area contributed by atoms with Crippen molar-refractivity contribution in [2.45, 2.75) is 0 Å². The van der Waals surface area contributed by atoms with Gasteiger partial charge in [-0.25, -0.2) is 4.79 Å². The van der Waals surface area contributed by atoms with E-state index in [2.05, 4.69) is 5.32 Å². The number of benzene rings is 1. The highest BCUT2D eigenvalue weighted by Crippen LogP contribution is 2.32. The van der Waals surface area contributed by atoms with Crippen molar-refractivity contribution in [3.8, 4) is 11.5 Å². The zero-order valence-corrected chi connectivity index (χ0v) is 14.8. The fourth-order valence-electron chi connectivity index (χ4n) is 1.98. The van der Waals surface area contributed by atoms with Crippen molar-refractivity contribution >= 4 is 57.6 Å². The van der Waals surface area contributed by atoms with Crippen molar-refractivity contribution in [3.63, 3.8) is 0 Å². The second-order valence-electron chi connectivity index (χ2n) is 4.63. The summed E-state index contributed by atoms with van der Waals surface area (Å²) in [5, 5.41) is 4.36. The zero-order valence-electron chi connectivity index (χ0n) is 12.4. The number of carbonyl (C=O) groups is 2. The predicted octanol–water partition coefficient (Wildman–Crippen LogP) is 3.46. The molecule has 1 aliphatic rings. The van der Waals surface area contributed by atoms with Crippen molar-refractivity contribution in [2.75, 3.05) is 7.11 Å². The summed E-state index contributed by atoms with van der Waals surface area (Å²) in [4.78, 5) is 24.8. The molecule has 3 rings (SSSR count). The minimum atomic E-state index is -0.439. The number of hydrogen-bond acceptors (Lipinski definition) is 7. The molecule has 1 aromatic heterocycles. The Balaban J connectivity index is 1.83. The fraction of sp³-hybridized carbons (Fsp3) is 0.0625. The van der Waals surface area contributed by atoms with Crippen LogP contribution in [-0.4, -0.2) is 23.3 Å². The second-order valence-corrected chi connectivity index (χ2v) is 7.30. The van der Waals surface area contributed by atoms with Gasteiger partial charge in [0.2, 0.25) is 0 Å². The van der Waals surface area contributed by atoms with E-state index in [-0.39, 0.29) is 5.91 Å². The number of esters is 1. The van der Waals surface area contributed by atoms with Crippen LogP contribution in [0.4, 0.5) is 0 Å². The lowest BCUT2D eigenvalue weighted by Crippen LogP contribution is -2.17. The van der Waals surface area contributed by atoms with E-state index in [0.717, 1.165) is 5.56 Å². The molecule has 0 bridgehead atoms. The Kier molecular flexibility index (Phi) is 4.98. The van der Waals surface area contributed by atoms with Gasteiger partial charge >= 0.3 is 5.97 Å². The van der Waals surface area contributed by atoms with Gasteiger partial charge in [-0.05, 0) is 35.2 Å². The van der Waals surface area contributed by atoms with E-state index in [4.69, 9.17) is 21.7 Å². The van der Waals surface area contributed by atoms with Crippen molar-refractivity contribution < 1.29 is 19.1 Å². The maximum atomic E-state index is 12.0. The summed E-state index contributed by atoms with van der Waals surface area (Å²) in [5.74, 6) is 0.0555. The number of carbonyl (C=O) groups excluding carboxylic acids is 2. The molecule has 0 atom stereocenters. The SMILES string of the molecule is COc1cc(/C=C2\SC(=S)NC2=O)ccc1OC(=O)c1cccs1. The largest absolute Gasteiger partial charge is 0.493 e. The van der Waals surface area contributed by atoms with E-state index in [0.29, 0.717) is 25.6 Å². The maximum Gasteiger partial charge on any atom is 0.353 e. The van der Waals surface area contributed by atoms with Crippen LogP contribution < -0.4 is 14.8 Å². The van der Waals surface area contributed by atoms with Gasteiger partial charge in [0.1, 0.15) is 9.20 Å². The van der Waals surface area contributed by atoms with Gasteiger partial charge in [-0.1, -0.05) is 36.1 Å². The normalized spacial score (nSPS) is 15.5. The molecule has 1 fully saturated rings. The standard InChI is InChI=1S/C16H11NO4S3/c1-20-11-7-9(8-13-14(18)17-16(22)24-13)4-5-10(11)21-15(19)12-3-2-6-23-12/h2-8H,1H3,(H,17,18,22)/b13-8-. The van der Waals surface area contributed by atoms with Gasteiger partial charge < -0.3 is 14.8 Å². The summed E-state index contributed by atoms with van der Waals surface area (Å²) in [6.07, 6.45) is 1.70. The summed E-state index contributed by atoms with van der Waals surface area (Å²) < 4.78 is 11.1. The molecule has 1 saturated heterocycles. The lowest BCUT2D eigenvalue weighted by atomic mass is 10.2. The topological polar surface area (TPSA) is 64.6 Å². The maximum absolute atomic E-state index is 12.0. The first-order valence-corrected chi connectivity index (χ1v) is 8.86. The molecule has 0 saturated carbocycles. The number of amides is 1. The Morgan fingerprint density at radius 3 is 2.75 bits per heavy atom. The fourth-order valence-corrected chi connectivity index (χ4v) is 3.62. The lowest BCUT2D eigenvalue weighted by molar-refractivity contribution is -0.115. The molecular formula is C16H11NO4S3. The summed E-state index contributed by atoms with van der Waals surface area (Å²) in [7, 11) is 1.49. The third kappa shape index (κ3) is 3.66. The van der Waals surface area contributed by atoms with Crippen molar-refractivity contribution in [2.24, 2.45) is 0 Å². The molecule has 2 aromatic rings. The molecule has 0 aliphatic carbocycles. The summed E-state index contributed by atoms with van der Waals surface area (Å²) >= 11 is 7.46. The molecular weight excluding hydrogens is 366 g/mol. The quantitative estimate of drug-likeness (QED) is 0.381. The minimum absolute atomic E-state index is 0.225. The van der Waals surface area contributed by atoms with Crippen LogP contribution in [0.3, 0.4) is 0 Å². The Morgan fingerprint density at radius 2 is 2.12 bits per heavy atom. The summed E-state index contributed by atoms with van der Waals surface area (Å²) in [6, 6.07) is 8.53. The highest BCUT2D eigenvalue weighted by molar-refractivity contribution is 8.26. The molecule has 1 N–H and O–H groups in total. The zero-order chi connectivity index (χ0) is 17.1. The van der Waals surface area contributed by atoms with Crippen molar-refractivity contribution in [1.82, 2.24) is 5.32 Å². The molecule has 122 valence electrons. The monoisotopic (exact) mass is 377 g/mol. The molecule has 1 amide bonds. The average Bonchev–Trinajstić information content (AvgIpc) is 3.19. The number of thiocarbonyl (C=S) groups is 1. The van der Waals surface area contributed by atoms with Crippen LogP contribution in [0.1, 0.15) is 15.2 Å². The van der Waals surface area contributed by atoms with E-state index in [9.17, 15) is 9.59 Å². The van der Waals surface area contributed by atoms with Crippen LogP contribution >= 0.6 is 35.3 Å². The van der Waals surface area contributed by atoms with E-state index >= 15 is 0 Å². The number of thiophene rings is 1. The van der Waals surface area contributed by atoms with Gasteiger partial charge in [0.05, 0.1) is 12.0 Å². The third-order valence-electron chi connectivity index (χ3n) is 3.05. The molecule has 0 spiro atoms. The van der Waals surface area contributed by atoms with Crippen LogP contribution in [0.25, 0.3) is 6.08 Å². The van der Waals surface area contributed by atoms with Gasteiger partial charge in [0, 0.05) is 0 Å². The molecule has 1 aliphatic heterocycles. The van der Waals surface area contributed by atoms with Crippen LogP contribution in [0.5, 0.6) is 11.5 Å². The second kappa shape index (κ2) is 7.16. The first-order chi connectivity index (χ1) is 11.6. The highest BCUT2D eigenvalue weighted by Gasteiger charge is 2.22. The predicted molar refractivity (Wildman–Crippen MR) is 98.6 cm³/mol. The Bertz CT molecular complexity index is 843. The Morgan fingerprint density at radius 1 is 1.29 bits per heavy atom. The molecule has 8 heteroatoms. The van der Waals surface area contributed by atoms with E-state index < -0.39 is 5.97 Å². The third-order valence-corrected chi connectivity index (χ3v) is 5.07. The van der Waals surface area contributed by atoms with E-state index in [1.54, 1.807) is 41.8 Å². The van der Waals surface area contributed by atoms with Gasteiger partial charge in [-0.2, -0.15) is 0 Å². The van der Waals surface area contributed by atoms with Crippen molar-refractivity contribution in [1.29, 1.82) is 0 Å². The molecule has 2 heterocycles. The summed E-state index contributed by atoms with van der Waals surface area (Å²) in [5.41, 5.74) is 0.741. The van der Waals surface area contributed by atoms with Crippen LogP contribution in [0, 0.1) is 0 Å².